The van der Waals surface area contributed by atoms with Gasteiger partial charge in [0.15, 0.2) is 0 Å². The highest BCUT2D eigenvalue weighted by atomic mass is 19.4. The number of hydrogen-bond donors (Lipinski definition) is 1. The van der Waals surface area contributed by atoms with Gasteiger partial charge in [-0.2, -0.15) is 13.2 Å². The van der Waals surface area contributed by atoms with Crippen LogP contribution in [-0.2, 0) is 22.2 Å². The minimum Gasteiger partial charge on any atom is -0.353 e. The van der Waals surface area contributed by atoms with Gasteiger partial charge in [-0.25, -0.2) is 0 Å². The summed E-state index contributed by atoms with van der Waals surface area (Å²) < 4.78 is 37.6. The van der Waals surface area contributed by atoms with Gasteiger partial charge >= 0.3 is 6.18 Å². The van der Waals surface area contributed by atoms with Crippen molar-refractivity contribution in [2.45, 2.75) is 44.3 Å². The Morgan fingerprint density at radius 3 is 2.16 bits per heavy atom. The summed E-state index contributed by atoms with van der Waals surface area (Å²) in [4.78, 5) is 25.8. The van der Waals surface area contributed by atoms with E-state index < -0.39 is 11.7 Å². The van der Waals surface area contributed by atoms with Crippen LogP contribution in [0.4, 0.5) is 13.2 Å². The first-order chi connectivity index (χ1) is 11.8. The van der Waals surface area contributed by atoms with Gasteiger partial charge in [-0.3, -0.25) is 9.59 Å². The van der Waals surface area contributed by atoms with E-state index >= 15 is 0 Å². The minimum atomic E-state index is -4.37. The largest absolute Gasteiger partial charge is 0.416 e. The van der Waals surface area contributed by atoms with Gasteiger partial charge in [0.25, 0.3) is 0 Å². The summed E-state index contributed by atoms with van der Waals surface area (Å²) in [5.41, 5.74) is -0.141. The molecule has 2 aliphatic rings. The van der Waals surface area contributed by atoms with Gasteiger partial charge in [-0.1, -0.05) is 12.1 Å². The number of nitrogens with one attached hydrogen (secondary N) is 1. The van der Waals surface area contributed by atoms with Crippen LogP contribution in [0.5, 0.6) is 0 Å². The van der Waals surface area contributed by atoms with Crippen molar-refractivity contribution < 1.29 is 22.8 Å². The monoisotopic (exact) mass is 354 g/mol. The van der Waals surface area contributed by atoms with E-state index in [0.717, 1.165) is 37.8 Å². The zero-order chi connectivity index (χ0) is 18.0. The molecule has 1 heterocycles. The van der Waals surface area contributed by atoms with Crippen LogP contribution >= 0.6 is 0 Å². The Hall–Kier alpha value is -2.05. The molecule has 1 aliphatic heterocycles. The van der Waals surface area contributed by atoms with Crippen LogP contribution in [0.25, 0.3) is 0 Å². The number of piperidine rings is 1. The molecule has 0 spiro atoms. The lowest BCUT2D eigenvalue weighted by Gasteiger charge is -2.32. The number of amides is 2. The van der Waals surface area contributed by atoms with Gasteiger partial charge in [0.1, 0.15) is 0 Å². The number of benzene rings is 1. The molecule has 136 valence electrons. The molecule has 2 fully saturated rings. The fourth-order valence-electron chi connectivity index (χ4n) is 3.04. The third-order valence-corrected chi connectivity index (χ3v) is 4.78. The molecule has 1 N–H and O–H groups in total. The van der Waals surface area contributed by atoms with Crippen molar-refractivity contribution in [3.8, 4) is 0 Å². The number of carbonyl (C=O) groups excluding carboxylic acids is 2. The van der Waals surface area contributed by atoms with Crippen LogP contribution in [0.2, 0.25) is 0 Å². The molecule has 0 radical (unpaired) electrons. The lowest BCUT2D eigenvalue weighted by atomic mass is 10.0. The zero-order valence-electron chi connectivity index (χ0n) is 13.8. The van der Waals surface area contributed by atoms with E-state index in [1.807, 2.05) is 0 Å². The number of rotatable bonds is 4. The van der Waals surface area contributed by atoms with Gasteiger partial charge in [0, 0.05) is 25.0 Å². The topological polar surface area (TPSA) is 49.4 Å². The molecule has 3 rings (SSSR count). The van der Waals surface area contributed by atoms with Crippen molar-refractivity contribution in [3.63, 3.8) is 0 Å². The van der Waals surface area contributed by atoms with Crippen molar-refractivity contribution in [1.29, 1.82) is 0 Å². The van der Waals surface area contributed by atoms with Crippen molar-refractivity contribution in [1.82, 2.24) is 10.2 Å². The quantitative estimate of drug-likeness (QED) is 0.904. The summed E-state index contributed by atoms with van der Waals surface area (Å²) in [7, 11) is 0. The number of alkyl halides is 3. The lowest BCUT2D eigenvalue weighted by molar-refractivity contribution is -0.137. The van der Waals surface area contributed by atoms with Crippen LogP contribution in [0, 0.1) is 5.92 Å². The predicted octanol–water partition coefficient (Wildman–Crippen LogP) is 2.77. The van der Waals surface area contributed by atoms with Crippen LogP contribution in [0.1, 0.15) is 36.8 Å². The maximum Gasteiger partial charge on any atom is 0.416 e. The lowest BCUT2D eigenvalue weighted by Crippen LogP contribution is -2.47. The number of hydrogen-bond acceptors (Lipinski definition) is 2. The number of halogens is 3. The van der Waals surface area contributed by atoms with Crippen molar-refractivity contribution in [3.05, 3.63) is 35.4 Å². The number of likely N-dealkylation sites (tertiary alicyclic amines) is 1. The summed E-state index contributed by atoms with van der Waals surface area (Å²) in [6.07, 6.45) is -0.895. The molecule has 0 aromatic heterocycles. The standard InChI is InChI=1S/C18H21F3N2O2/c19-18(20,21)14-5-1-12(2-6-14)11-16(24)23-9-7-15(8-10-23)22-17(25)13-3-4-13/h1-2,5-6,13,15H,3-4,7-11H2,(H,22,25). The van der Waals surface area contributed by atoms with E-state index in [1.54, 1.807) is 4.90 Å². The fourth-order valence-corrected chi connectivity index (χ4v) is 3.04. The summed E-state index contributed by atoms with van der Waals surface area (Å²) >= 11 is 0. The molecule has 25 heavy (non-hydrogen) atoms. The van der Waals surface area contributed by atoms with Crippen molar-refractivity contribution in [2.24, 2.45) is 5.92 Å². The molecular formula is C18H21F3N2O2. The first kappa shape index (κ1) is 17.8. The Morgan fingerprint density at radius 2 is 1.64 bits per heavy atom. The van der Waals surface area contributed by atoms with Crippen LogP contribution in [0.3, 0.4) is 0 Å². The van der Waals surface area contributed by atoms with E-state index in [1.165, 1.54) is 12.1 Å². The Kier molecular flexibility index (Phi) is 5.01. The highest BCUT2D eigenvalue weighted by Crippen LogP contribution is 2.30. The summed E-state index contributed by atoms with van der Waals surface area (Å²) in [6, 6.07) is 4.82. The van der Waals surface area contributed by atoms with Gasteiger partial charge in [0.05, 0.1) is 12.0 Å². The molecule has 1 aromatic rings. The second-order valence-corrected chi connectivity index (χ2v) is 6.81. The average Bonchev–Trinajstić information content (AvgIpc) is 3.40. The second-order valence-electron chi connectivity index (χ2n) is 6.81. The fraction of sp³-hybridized carbons (Fsp3) is 0.556. The van der Waals surface area contributed by atoms with Gasteiger partial charge < -0.3 is 10.2 Å². The van der Waals surface area contributed by atoms with E-state index in [4.69, 9.17) is 0 Å². The molecule has 2 amide bonds. The van der Waals surface area contributed by atoms with E-state index in [0.29, 0.717) is 18.7 Å². The van der Waals surface area contributed by atoms with Crippen molar-refractivity contribution >= 4 is 11.8 Å². The normalized spacial score (nSPS) is 18.9. The first-order valence-electron chi connectivity index (χ1n) is 8.57. The van der Waals surface area contributed by atoms with Crippen LogP contribution in [-0.4, -0.2) is 35.8 Å². The Balaban J connectivity index is 1.46. The van der Waals surface area contributed by atoms with E-state index in [2.05, 4.69) is 5.32 Å². The van der Waals surface area contributed by atoms with Crippen LogP contribution < -0.4 is 5.32 Å². The molecule has 0 bridgehead atoms. The second kappa shape index (κ2) is 7.06. The molecule has 1 saturated heterocycles. The highest BCUT2D eigenvalue weighted by molar-refractivity contribution is 5.81. The summed E-state index contributed by atoms with van der Waals surface area (Å²) in [5, 5.41) is 3.03. The molecule has 0 unspecified atom stereocenters. The highest BCUT2D eigenvalue weighted by Gasteiger charge is 2.32. The predicted molar refractivity (Wildman–Crippen MR) is 85.6 cm³/mol. The number of carbonyl (C=O) groups is 2. The first-order valence-corrected chi connectivity index (χ1v) is 8.57. The molecule has 1 aliphatic carbocycles. The molecule has 1 saturated carbocycles. The average molecular weight is 354 g/mol. The summed E-state index contributed by atoms with van der Waals surface area (Å²) in [6.45, 7) is 1.13. The van der Waals surface area contributed by atoms with Gasteiger partial charge in [-0.05, 0) is 43.4 Å². The third kappa shape index (κ3) is 4.74. The number of nitrogens with zero attached hydrogens (tertiary/aromatic N) is 1. The smallest absolute Gasteiger partial charge is 0.353 e. The molecule has 1 aromatic carbocycles. The minimum absolute atomic E-state index is 0.0910. The molecule has 0 atom stereocenters. The maximum absolute atomic E-state index is 12.5. The molecular weight excluding hydrogens is 333 g/mol. The van der Waals surface area contributed by atoms with E-state index in [9.17, 15) is 22.8 Å². The van der Waals surface area contributed by atoms with E-state index in [-0.39, 0.29) is 30.2 Å². The SMILES string of the molecule is O=C(NC1CCN(C(=O)Cc2ccc(C(F)(F)F)cc2)CC1)C1CC1. The van der Waals surface area contributed by atoms with Gasteiger partial charge in [-0.15, -0.1) is 0 Å². The Morgan fingerprint density at radius 1 is 1.04 bits per heavy atom. The zero-order valence-corrected chi connectivity index (χ0v) is 13.8. The maximum atomic E-state index is 12.5. The molecule has 4 nitrogen and oxygen atoms in total. The summed E-state index contributed by atoms with van der Waals surface area (Å²) in [5.74, 6) is 0.209. The van der Waals surface area contributed by atoms with Crippen LogP contribution in [0.15, 0.2) is 24.3 Å². The van der Waals surface area contributed by atoms with Crippen molar-refractivity contribution in [2.75, 3.05) is 13.1 Å². The molecule has 7 heteroatoms. The Labute approximate surface area is 144 Å². The Bertz CT molecular complexity index is 631. The van der Waals surface area contributed by atoms with Gasteiger partial charge in [0.2, 0.25) is 11.8 Å². The third-order valence-electron chi connectivity index (χ3n) is 4.78.